The lowest BCUT2D eigenvalue weighted by Crippen LogP contribution is -2.53. The van der Waals surface area contributed by atoms with E-state index in [4.69, 9.17) is 0 Å². The molecule has 2 N–H and O–H groups in total. The normalized spacial score (nSPS) is 20.6. The fourth-order valence-electron chi connectivity index (χ4n) is 4.03. The first-order valence-corrected chi connectivity index (χ1v) is 9.40. The number of hydrogen-bond donors (Lipinski definition) is 2. The van der Waals surface area contributed by atoms with Gasteiger partial charge in [-0.2, -0.15) is 5.10 Å². The maximum absolute atomic E-state index is 4.38. The number of nitrogens with zero attached hydrogens (tertiary/aromatic N) is 3. The number of nitrogens with one attached hydrogen (secondary N) is 2. The van der Waals surface area contributed by atoms with Crippen molar-refractivity contribution in [3.8, 4) is 0 Å². The van der Waals surface area contributed by atoms with Crippen LogP contribution in [0.4, 0.5) is 5.82 Å². The zero-order valence-corrected chi connectivity index (χ0v) is 15.3. The summed E-state index contributed by atoms with van der Waals surface area (Å²) in [4.78, 5) is 2.62. The third kappa shape index (κ3) is 3.58. The second-order valence-electron chi connectivity index (χ2n) is 8.03. The van der Waals surface area contributed by atoms with Gasteiger partial charge in [-0.25, -0.2) is 4.68 Å². The molecule has 25 heavy (non-hydrogen) atoms. The minimum atomic E-state index is 0.159. The van der Waals surface area contributed by atoms with Crippen LogP contribution in [0, 0.1) is 5.92 Å². The monoisotopic (exact) mass is 339 g/mol. The molecule has 5 nitrogen and oxygen atoms in total. The summed E-state index contributed by atoms with van der Waals surface area (Å²) < 4.78 is 2.07. The van der Waals surface area contributed by atoms with E-state index >= 15 is 0 Å². The van der Waals surface area contributed by atoms with Crippen LogP contribution in [0.2, 0.25) is 0 Å². The van der Waals surface area contributed by atoms with Gasteiger partial charge in [-0.1, -0.05) is 24.3 Å². The largest absolute Gasteiger partial charge is 0.370 e. The molecule has 2 aliphatic rings. The van der Waals surface area contributed by atoms with Crippen molar-refractivity contribution in [3.05, 3.63) is 47.7 Å². The highest BCUT2D eigenvalue weighted by Gasteiger charge is 2.29. The van der Waals surface area contributed by atoms with Gasteiger partial charge in [0.15, 0.2) is 0 Å². The summed E-state index contributed by atoms with van der Waals surface area (Å²) in [5.74, 6) is 1.73. The van der Waals surface area contributed by atoms with Crippen molar-refractivity contribution >= 4 is 5.82 Å². The Morgan fingerprint density at radius 3 is 2.96 bits per heavy atom. The minimum absolute atomic E-state index is 0.159. The van der Waals surface area contributed by atoms with Gasteiger partial charge in [0.1, 0.15) is 5.82 Å². The molecule has 0 radical (unpaired) electrons. The average molecular weight is 339 g/mol. The first-order chi connectivity index (χ1) is 12.1. The van der Waals surface area contributed by atoms with E-state index in [0.29, 0.717) is 5.92 Å². The Morgan fingerprint density at radius 2 is 2.08 bits per heavy atom. The Bertz CT molecular complexity index is 720. The summed E-state index contributed by atoms with van der Waals surface area (Å²) >= 11 is 0. The third-order valence-corrected chi connectivity index (χ3v) is 5.70. The second kappa shape index (κ2) is 6.81. The van der Waals surface area contributed by atoms with Crippen molar-refractivity contribution in [1.82, 2.24) is 20.0 Å². The van der Waals surface area contributed by atoms with Crippen LogP contribution in [-0.4, -0.2) is 46.4 Å². The number of hydrogen-bond acceptors (Lipinski definition) is 4. The van der Waals surface area contributed by atoms with Crippen LogP contribution >= 0.6 is 0 Å². The van der Waals surface area contributed by atoms with E-state index in [0.717, 1.165) is 51.5 Å². The second-order valence-corrected chi connectivity index (χ2v) is 8.03. The highest BCUT2D eigenvalue weighted by molar-refractivity contribution is 5.35. The predicted octanol–water partition coefficient (Wildman–Crippen LogP) is 2.35. The van der Waals surface area contributed by atoms with Crippen LogP contribution in [0.3, 0.4) is 0 Å². The van der Waals surface area contributed by atoms with Gasteiger partial charge < -0.3 is 10.6 Å². The maximum Gasteiger partial charge on any atom is 0.124 e. The topological polar surface area (TPSA) is 45.1 Å². The molecule has 3 heterocycles. The minimum Gasteiger partial charge on any atom is -0.370 e. The van der Waals surface area contributed by atoms with E-state index in [1.807, 2.05) is 12.3 Å². The van der Waals surface area contributed by atoms with Gasteiger partial charge in [-0.05, 0) is 31.4 Å². The molecule has 0 fully saturated rings. The first kappa shape index (κ1) is 16.6. The summed E-state index contributed by atoms with van der Waals surface area (Å²) in [6.45, 7) is 11.0. The van der Waals surface area contributed by atoms with Crippen molar-refractivity contribution < 1.29 is 0 Å². The van der Waals surface area contributed by atoms with Gasteiger partial charge >= 0.3 is 0 Å². The van der Waals surface area contributed by atoms with Crippen LogP contribution in [0.25, 0.3) is 0 Å². The zero-order chi connectivity index (χ0) is 17.3. The van der Waals surface area contributed by atoms with Gasteiger partial charge in [0.2, 0.25) is 0 Å². The molecule has 0 amide bonds. The van der Waals surface area contributed by atoms with Crippen molar-refractivity contribution in [3.63, 3.8) is 0 Å². The van der Waals surface area contributed by atoms with Gasteiger partial charge in [0.05, 0.1) is 6.20 Å². The number of anilines is 1. The fourth-order valence-corrected chi connectivity index (χ4v) is 4.03. The van der Waals surface area contributed by atoms with Crippen LogP contribution in [0.1, 0.15) is 25.0 Å². The summed E-state index contributed by atoms with van der Waals surface area (Å²) in [7, 11) is 0. The molecule has 1 aromatic heterocycles. The SMILES string of the molecule is CC(C)(CNC[C@@H]1CNc2ccnn2C1)N1CCc2ccccc2C1. The molecule has 1 atom stereocenters. The predicted molar refractivity (Wildman–Crippen MR) is 102 cm³/mol. The van der Waals surface area contributed by atoms with Gasteiger partial charge in [0, 0.05) is 56.8 Å². The van der Waals surface area contributed by atoms with E-state index < -0.39 is 0 Å². The lowest BCUT2D eigenvalue weighted by Gasteiger charge is -2.42. The Labute approximate surface area is 150 Å². The zero-order valence-electron chi connectivity index (χ0n) is 15.3. The van der Waals surface area contributed by atoms with Crippen LogP contribution in [-0.2, 0) is 19.5 Å². The lowest BCUT2D eigenvalue weighted by atomic mass is 9.94. The lowest BCUT2D eigenvalue weighted by molar-refractivity contribution is 0.101. The number of aromatic nitrogens is 2. The molecule has 1 aromatic carbocycles. The average Bonchev–Trinajstić information content (AvgIpc) is 3.09. The standard InChI is InChI=1S/C20H29N5/c1-20(2,24-10-8-17-5-3-4-6-18(17)14-24)15-21-11-16-12-22-19-7-9-23-25(19)13-16/h3-7,9,16,21-22H,8,10-15H2,1-2H3/t16-/m1/s1. The molecule has 4 rings (SSSR count). The number of benzene rings is 1. The fraction of sp³-hybridized carbons (Fsp3) is 0.550. The van der Waals surface area contributed by atoms with Crippen molar-refractivity contribution in [2.75, 3.05) is 31.5 Å². The smallest absolute Gasteiger partial charge is 0.124 e. The van der Waals surface area contributed by atoms with E-state index in [2.05, 4.69) is 63.4 Å². The first-order valence-electron chi connectivity index (χ1n) is 9.40. The summed E-state index contributed by atoms with van der Waals surface area (Å²) in [5, 5.41) is 11.6. The highest BCUT2D eigenvalue weighted by atomic mass is 15.3. The van der Waals surface area contributed by atoms with E-state index in [1.54, 1.807) is 0 Å². The summed E-state index contributed by atoms with van der Waals surface area (Å²) in [6, 6.07) is 10.9. The van der Waals surface area contributed by atoms with Gasteiger partial charge in [-0.15, -0.1) is 0 Å². The molecule has 2 aliphatic heterocycles. The highest BCUT2D eigenvalue weighted by Crippen LogP contribution is 2.25. The van der Waals surface area contributed by atoms with E-state index in [-0.39, 0.29) is 5.54 Å². The Morgan fingerprint density at radius 1 is 1.24 bits per heavy atom. The van der Waals surface area contributed by atoms with Gasteiger partial charge in [-0.3, -0.25) is 4.90 Å². The van der Waals surface area contributed by atoms with Crippen LogP contribution < -0.4 is 10.6 Å². The van der Waals surface area contributed by atoms with Crippen LogP contribution in [0.15, 0.2) is 36.5 Å². The maximum atomic E-state index is 4.38. The van der Waals surface area contributed by atoms with Crippen LogP contribution in [0.5, 0.6) is 0 Å². The van der Waals surface area contributed by atoms with Crippen molar-refractivity contribution in [1.29, 1.82) is 0 Å². The Hall–Kier alpha value is -1.85. The van der Waals surface area contributed by atoms with E-state index in [1.165, 1.54) is 11.1 Å². The van der Waals surface area contributed by atoms with E-state index in [9.17, 15) is 0 Å². The molecule has 0 saturated heterocycles. The summed E-state index contributed by atoms with van der Waals surface area (Å²) in [5.41, 5.74) is 3.17. The molecular weight excluding hydrogens is 310 g/mol. The van der Waals surface area contributed by atoms with Gasteiger partial charge in [0.25, 0.3) is 0 Å². The molecule has 5 heteroatoms. The molecule has 0 aliphatic carbocycles. The Balaban J connectivity index is 1.29. The quantitative estimate of drug-likeness (QED) is 0.878. The molecular formula is C20H29N5. The molecule has 2 aromatic rings. The number of rotatable bonds is 5. The Kier molecular flexibility index (Phi) is 4.52. The number of fused-ring (bicyclic) bond motifs is 2. The van der Waals surface area contributed by atoms with Crippen molar-refractivity contribution in [2.24, 2.45) is 5.92 Å². The molecule has 0 bridgehead atoms. The molecule has 0 saturated carbocycles. The third-order valence-electron chi connectivity index (χ3n) is 5.70. The summed E-state index contributed by atoms with van der Waals surface area (Å²) in [6.07, 6.45) is 3.03. The molecule has 134 valence electrons. The molecule has 0 unspecified atom stereocenters. The van der Waals surface area contributed by atoms with Crippen molar-refractivity contribution in [2.45, 2.75) is 38.9 Å². The molecule has 0 spiro atoms.